The molecule has 3 amide bonds. The maximum atomic E-state index is 13.4. The molecule has 1 saturated heterocycles. The monoisotopic (exact) mass is 469 g/mol. The SMILES string of the molecule is CCN(CC)S(=O)(=O)c1ccc2c(c1)CCCN2C(=O)c1cccc(N2C(=O)CCC2=O)c1. The van der Waals surface area contributed by atoms with E-state index in [9.17, 15) is 22.8 Å². The maximum absolute atomic E-state index is 13.4. The summed E-state index contributed by atoms with van der Waals surface area (Å²) in [6.07, 6.45) is 1.73. The lowest BCUT2D eigenvalue weighted by molar-refractivity contribution is -0.121. The van der Waals surface area contributed by atoms with Crippen LogP contribution < -0.4 is 9.80 Å². The van der Waals surface area contributed by atoms with Crippen molar-refractivity contribution in [1.82, 2.24) is 4.31 Å². The second kappa shape index (κ2) is 9.07. The van der Waals surface area contributed by atoms with Crippen molar-refractivity contribution >= 4 is 39.1 Å². The molecule has 2 aromatic carbocycles. The first kappa shape index (κ1) is 23.1. The fraction of sp³-hybridized carbons (Fsp3) is 0.375. The van der Waals surface area contributed by atoms with Crippen molar-refractivity contribution in [2.24, 2.45) is 0 Å². The molecule has 174 valence electrons. The predicted octanol–water partition coefficient (Wildman–Crippen LogP) is 2.96. The van der Waals surface area contributed by atoms with Crippen LogP contribution in [0.15, 0.2) is 47.4 Å². The third kappa shape index (κ3) is 4.18. The number of amides is 3. The van der Waals surface area contributed by atoms with E-state index < -0.39 is 10.0 Å². The molecule has 2 aliphatic rings. The molecule has 8 nitrogen and oxygen atoms in total. The summed E-state index contributed by atoms with van der Waals surface area (Å²) in [5.41, 5.74) is 2.26. The lowest BCUT2D eigenvalue weighted by Crippen LogP contribution is -2.36. The molecule has 2 heterocycles. The second-order valence-corrected chi connectivity index (χ2v) is 10.1. The molecular formula is C24H27N3O5S. The van der Waals surface area contributed by atoms with Gasteiger partial charge in [0.1, 0.15) is 0 Å². The highest BCUT2D eigenvalue weighted by Gasteiger charge is 2.32. The zero-order valence-electron chi connectivity index (χ0n) is 18.8. The number of hydrogen-bond acceptors (Lipinski definition) is 5. The number of anilines is 2. The Hall–Kier alpha value is -3.04. The number of benzene rings is 2. The molecule has 0 spiro atoms. The van der Waals surface area contributed by atoms with Crippen molar-refractivity contribution in [2.45, 2.75) is 44.4 Å². The van der Waals surface area contributed by atoms with Gasteiger partial charge in [0.2, 0.25) is 21.8 Å². The summed E-state index contributed by atoms with van der Waals surface area (Å²) in [5, 5.41) is 0. The summed E-state index contributed by atoms with van der Waals surface area (Å²) in [7, 11) is -3.59. The molecule has 33 heavy (non-hydrogen) atoms. The van der Waals surface area contributed by atoms with Gasteiger partial charge in [-0.2, -0.15) is 4.31 Å². The largest absolute Gasteiger partial charge is 0.308 e. The molecule has 0 atom stereocenters. The Balaban J connectivity index is 1.65. The molecule has 2 aliphatic heterocycles. The minimum absolute atomic E-state index is 0.176. The van der Waals surface area contributed by atoms with E-state index in [-0.39, 0.29) is 35.5 Å². The number of sulfonamides is 1. The average Bonchev–Trinajstić information content (AvgIpc) is 3.16. The Morgan fingerprint density at radius 3 is 2.33 bits per heavy atom. The maximum Gasteiger partial charge on any atom is 0.258 e. The molecular weight excluding hydrogens is 442 g/mol. The van der Waals surface area contributed by atoms with Crippen molar-refractivity contribution in [3.05, 3.63) is 53.6 Å². The third-order valence-corrected chi connectivity index (χ3v) is 8.21. The molecule has 0 saturated carbocycles. The summed E-state index contributed by atoms with van der Waals surface area (Å²) in [5.74, 6) is -0.791. The number of aryl methyl sites for hydroxylation is 1. The van der Waals surface area contributed by atoms with E-state index in [1.807, 2.05) is 0 Å². The molecule has 4 rings (SSSR count). The Kier molecular flexibility index (Phi) is 6.36. The van der Waals surface area contributed by atoms with Crippen LogP contribution in [0.2, 0.25) is 0 Å². The van der Waals surface area contributed by atoms with Gasteiger partial charge in [-0.05, 0) is 54.8 Å². The highest BCUT2D eigenvalue weighted by molar-refractivity contribution is 7.89. The number of fused-ring (bicyclic) bond motifs is 1. The van der Waals surface area contributed by atoms with Gasteiger partial charge < -0.3 is 4.90 Å². The predicted molar refractivity (Wildman–Crippen MR) is 125 cm³/mol. The number of carbonyl (C=O) groups is 3. The van der Waals surface area contributed by atoms with E-state index >= 15 is 0 Å². The van der Waals surface area contributed by atoms with Gasteiger partial charge in [-0.15, -0.1) is 0 Å². The van der Waals surface area contributed by atoms with Crippen molar-refractivity contribution in [1.29, 1.82) is 0 Å². The van der Waals surface area contributed by atoms with Crippen molar-refractivity contribution < 1.29 is 22.8 Å². The van der Waals surface area contributed by atoms with Crippen LogP contribution in [0.4, 0.5) is 11.4 Å². The van der Waals surface area contributed by atoms with Crippen LogP contribution in [-0.2, 0) is 26.0 Å². The zero-order chi connectivity index (χ0) is 23.8. The minimum Gasteiger partial charge on any atom is -0.308 e. The first-order valence-corrected chi connectivity index (χ1v) is 12.6. The van der Waals surface area contributed by atoms with E-state index in [0.29, 0.717) is 49.4 Å². The highest BCUT2D eigenvalue weighted by atomic mass is 32.2. The quantitative estimate of drug-likeness (QED) is 0.606. The van der Waals surface area contributed by atoms with E-state index in [1.54, 1.807) is 61.2 Å². The van der Waals surface area contributed by atoms with Crippen LogP contribution in [0.1, 0.15) is 49.0 Å². The Bertz CT molecular complexity index is 1200. The van der Waals surface area contributed by atoms with Crippen LogP contribution in [0.25, 0.3) is 0 Å². The number of carbonyl (C=O) groups excluding carboxylic acids is 3. The highest BCUT2D eigenvalue weighted by Crippen LogP contribution is 2.32. The van der Waals surface area contributed by atoms with Crippen LogP contribution in [0.5, 0.6) is 0 Å². The van der Waals surface area contributed by atoms with E-state index in [1.165, 1.54) is 4.31 Å². The lowest BCUT2D eigenvalue weighted by Gasteiger charge is -2.30. The smallest absolute Gasteiger partial charge is 0.258 e. The van der Waals surface area contributed by atoms with Gasteiger partial charge in [-0.25, -0.2) is 8.42 Å². The first-order valence-electron chi connectivity index (χ1n) is 11.2. The third-order valence-electron chi connectivity index (χ3n) is 6.16. The van der Waals surface area contributed by atoms with Gasteiger partial charge in [0.05, 0.1) is 10.6 Å². The van der Waals surface area contributed by atoms with Gasteiger partial charge in [-0.3, -0.25) is 19.3 Å². The molecule has 0 radical (unpaired) electrons. The van der Waals surface area contributed by atoms with Crippen LogP contribution in [0.3, 0.4) is 0 Å². The van der Waals surface area contributed by atoms with Crippen molar-refractivity contribution in [3.63, 3.8) is 0 Å². The molecule has 0 aromatic heterocycles. The zero-order valence-corrected chi connectivity index (χ0v) is 19.6. The minimum atomic E-state index is -3.59. The van der Waals surface area contributed by atoms with Crippen LogP contribution in [0, 0.1) is 0 Å². The Labute approximate surface area is 193 Å². The molecule has 9 heteroatoms. The van der Waals surface area contributed by atoms with Gasteiger partial charge in [0.25, 0.3) is 5.91 Å². The van der Waals surface area contributed by atoms with Crippen molar-refractivity contribution in [3.8, 4) is 0 Å². The molecule has 0 N–H and O–H groups in total. The normalized spacial score (nSPS) is 16.5. The molecule has 0 unspecified atom stereocenters. The number of rotatable bonds is 6. The summed E-state index contributed by atoms with van der Waals surface area (Å²) < 4.78 is 27.2. The Morgan fingerprint density at radius 2 is 1.67 bits per heavy atom. The lowest BCUT2D eigenvalue weighted by atomic mass is 10.0. The Morgan fingerprint density at radius 1 is 0.970 bits per heavy atom. The second-order valence-electron chi connectivity index (χ2n) is 8.11. The standard InChI is InChI=1S/C24H27N3O5S/c1-3-25(4-2)33(31,32)20-10-11-21-17(16-20)8-6-14-26(21)24(30)18-7-5-9-19(15-18)27-22(28)12-13-23(27)29/h5,7,9-11,15-16H,3-4,6,8,12-14H2,1-2H3. The molecule has 0 bridgehead atoms. The van der Waals surface area contributed by atoms with Gasteiger partial charge >= 0.3 is 0 Å². The van der Waals surface area contributed by atoms with E-state index in [4.69, 9.17) is 0 Å². The van der Waals surface area contributed by atoms with Gasteiger partial charge in [0, 0.05) is 43.7 Å². The average molecular weight is 470 g/mol. The number of imide groups is 1. The first-order chi connectivity index (χ1) is 15.8. The summed E-state index contributed by atoms with van der Waals surface area (Å²) in [6, 6.07) is 11.4. The van der Waals surface area contributed by atoms with Gasteiger partial charge in [0.15, 0.2) is 0 Å². The molecule has 2 aromatic rings. The fourth-order valence-corrected chi connectivity index (χ4v) is 5.97. The van der Waals surface area contributed by atoms with E-state index in [2.05, 4.69) is 0 Å². The fourth-order valence-electron chi connectivity index (χ4n) is 4.46. The topological polar surface area (TPSA) is 95.1 Å². The van der Waals surface area contributed by atoms with Gasteiger partial charge in [-0.1, -0.05) is 19.9 Å². The summed E-state index contributed by atoms with van der Waals surface area (Å²) in [6.45, 7) is 4.88. The van der Waals surface area contributed by atoms with E-state index in [0.717, 1.165) is 10.5 Å². The summed E-state index contributed by atoms with van der Waals surface area (Å²) in [4.78, 5) is 40.6. The number of nitrogens with zero attached hydrogens (tertiary/aromatic N) is 3. The van der Waals surface area contributed by atoms with Crippen molar-refractivity contribution in [2.75, 3.05) is 29.4 Å². The van der Waals surface area contributed by atoms with Crippen LogP contribution >= 0.6 is 0 Å². The number of hydrogen-bond donors (Lipinski definition) is 0. The molecule has 0 aliphatic carbocycles. The summed E-state index contributed by atoms with van der Waals surface area (Å²) >= 11 is 0. The van der Waals surface area contributed by atoms with Crippen LogP contribution in [-0.4, -0.2) is 50.1 Å². The molecule has 1 fully saturated rings.